The summed E-state index contributed by atoms with van der Waals surface area (Å²) in [6, 6.07) is 12.2. The predicted octanol–water partition coefficient (Wildman–Crippen LogP) is 0.740. The second-order valence-electron chi connectivity index (χ2n) is 9.03. The predicted molar refractivity (Wildman–Crippen MR) is 130 cm³/mol. The minimum Gasteiger partial charge on any atom is -0.445 e. The number of hydrogen-bond acceptors (Lipinski definition) is 7. The topological polar surface area (TPSA) is 154 Å². The fraction of sp³-hybridized carbons (Fsp3) is 0.346. The van der Waals surface area contributed by atoms with Crippen LogP contribution in [0.2, 0.25) is 0 Å². The second kappa shape index (κ2) is 11.2. The first kappa shape index (κ1) is 25.8. The zero-order valence-electron chi connectivity index (χ0n) is 20.2. The molecule has 1 fully saturated rings. The highest BCUT2D eigenvalue weighted by Crippen LogP contribution is 2.28. The lowest BCUT2D eigenvalue weighted by molar-refractivity contribution is -0.137. The lowest BCUT2D eigenvalue weighted by atomic mass is 10.0. The molecule has 11 heteroatoms. The maximum Gasteiger partial charge on any atom is 0.408 e. The summed E-state index contributed by atoms with van der Waals surface area (Å²) < 4.78 is 5.13. The van der Waals surface area contributed by atoms with Crippen molar-refractivity contribution in [1.82, 2.24) is 20.9 Å². The van der Waals surface area contributed by atoms with Crippen LogP contribution in [0, 0.1) is 0 Å². The van der Waals surface area contributed by atoms with Crippen LogP contribution in [0.1, 0.15) is 46.8 Å². The summed E-state index contributed by atoms with van der Waals surface area (Å²) in [7, 11) is 0. The van der Waals surface area contributed by atoms with E-state index < -0.39 is 36.1 Å². The summed E-state index contributed by atoms with van der Waals surface area (Å²) in [6.45, 7) is 1.70. The fourth-order valence-electron chi connectivity index (χ4n) is 4.33. The van der Waals surface area contributed by atoms with Crippen LogP contribution in [0.15, 0.2) is 48.5 Å². The molecular formula is C26H28N4O7. The van der Waals surface area contributed by atoms with Crippen molar-refractivity contribution in [2.75, 3.05) is 0 Å². The number of piperidine rings is 1. The molecule has 0 bridgehead atoms. The molecule has 2 heterocycles. The molecule has 37 heavy (non-hydrogen) atoms. The third kappa shape index (κ3) is 6.12. The molecule has 4 rings (SSSR count). The number of carbonyl (C=O) groups excluding carboxylic acids is 5. The van der Waals surface area contributed by atoms with Crippen molar-refractivity contribution < 1.29 is 33.8 Å². The number of hydrogen-bond donors (Lipinski definition) is 4. The molecule has 4 N–H and O–H groups in total. The van der Waals surface area contributed by atoms with Gasteiger partial charge in [0.25, 0.3) is 5.91 Å². The normalized spacial score (nSPS) is 18.5. The van der Waals surface area contributed by atoms with Gasteiger partial charge in [0, 0.05) is 25.1 Å². The number of alkyl carbamates (subject to hydrolysis) is 1. The Morgan fingerprint density at radius 3 is 2.59 bits per heavy atom. The van der Waals surface area contributed by atoms with Crippen LogP contribution >= 0.6 is 0 Å². The van der Waals surface area contributed by atoms with E-state index in [1.165, 1.54) is 11.8 Å². The highest BCUT2D eigenvalue weighted by atomic mass is 16.5. The van der Waals surface area contributed by atoms with Gasteiger partial charge in [-0.05, 0) is 36.1 Å². The van der Waals surface area contributed by atoms with Crippen LogP contribution in [0.4, 0.5) is 4.79 Å². The van der Waals surface area contributed by atoms with Crippen molar-refractivity contribution in [2.45, 2.75) is 57.6 Å². The molecule has 2 aromatic rings. The number of amides is 5. The number of aliphatic hydroxyl groups is 1. The van der Waals surface area contributed by atoms with Crippen molar-refractivity contribution in [1.29, 1.82) is 0 Å². The largest absolute Gasteiger partial charge is 0.445 e. The van der Waals surface area contributed by atoms with E-state index in [2.05, 4.69) is 16.0 Å². The SMILES string of the molecule is C[C@@H](O)[C@H](NC(=O)OCc1ccccc1)C(=O)NCc1ccc2c(c1)CN(C1CCC(=O)NC1=O)C2=O. The number of ether oxygens (including phenoxy) is 1. The molecule has 0 aliphatic carbocycles. The number of fused-ring (bicyclic) bond motifs is 1. The van der Waals surface area contributed by atoms with E-state index in [0.717, 1.165) is 5.56 Å². The summed E-state index contributed by atoms with van der Waals surface area (Å²) in [4.78, 5) is 62.8. The molecule has 0 radical (unpaired) electrons. The smallest absolute Gasteiger partial charge is 0.408 e. The molecule has 0 saturated carbocycles. The Labute approximate surface area is 213 Å². The number of aliphatic hydroxyl groups excluding tert-OH is 1. The third-order valence-electron chi connectivity index (χ3n) is 6.31. The molecule has 0 spiro atoms. The van der Waals surface area contributed by atoms with Crippen molar-refractivity contribution in [3.8, 4) is 0 Å². The van der Waals surface area contributed by atoms with Gasteiger partial charge >= 0.3 is 6.09 Å². The van der Waals surface area contributed by atoms with Crippen LogP contribution in [0.5, 0.6) is 0 Å². The monoisotopic (exact) mass is 508 g/mol. The Bertz CT molecular complexity index is 1210. The van der Waals surface area contributed by atoms with Gasteiger partial charge in [-0.1, -0.05) is 42.5 Å². The third-order valence-corrected chi connectivity index (χ3v) is 6.31. The minimum atomic E-state index is -1.23. The first-order chi connectivity index (χ1) is 17.7. The number of nitrogens with one attached hydrogen (secondary N) is 3. The maximum absolute atomic E-state index is 12.8. The van der Waals surface area contributed by atoms with E-state index >= 15 is 0 Å². The van der Waals surface area contributed by atoms with E-state index in [-0.39, 0.29) is 44.4 Å². The molecule has 1 unspecified atom stereocenters. The molecule has 0 aromatic heterocycles. The number of carbonyl (C=O) groups is 5. The van der Waals surface area contributed by atoms with E-state index in [4.69, 9.17) is 4.74 Å². The Kier molecular flexibility index (Phi) is 7.83. The molecule has 2 aliphatic rings. The maximum atomic E-state index is 12.8. The van der Waals surface area contributed by atoms with Crippen LogP contribution in [0.3, 0.4) is 0 Å². The highest BCUT2D eigenvalue weighted by molar-refractivity contribution is 6.05. The number of benzene rings is 2. The molecule has 194 valence electrons. The summed E-state index contributed by atoms with van der Waals surface area (Å²) in [5.74, 6) is -1.72. The zero-order chi connectivity index (χ0) is 26.5. The second-order valence-corrected chi connectivity index (χ2v) is 9.03. The summed E-state index contributed by atoms with van der Waals surface area (Å²) >= 11 is 0. The van der Waals surface area contributed by atoms with E-state index in [1.807, 2.05) is 18.2 Å². The van der Waals surface area contributed by atoms with Gasteiger partial charge in [0.05, 0.1) is 6.10 Å². The van der Waals surface area contributed by atoms with Gasteiger partial charge in [0.1, 0.15) is 18.7 Å². The van der Waals surface area contributed by atoms with Gasteiger partial charge in [0.2, 0.25) is 17.7 Å². The van der Waals surface area contributed by atoms with Crippen LogP contribution in [0.25, 0.3) is 0 Å². The standard InChI is InChI=1S/C26H28N4O7/c1-15(31)22(29-26(36)37-14-16-5-3-2-4-6-16)24(34)27-12-17-7-8-19-18(11-17)13-30(25(19)35)20-9-10-21(32)28-23(20)33/h2-8,11,15,20,22,31H,9-10,12-14H2,1H3,(H,27,34)(H,29,36)(H,28,32,33)/t15-,20?,22+/m1/s1. The van der Waals surface area contributed by atoms with E-state index in [1.54, 1.807) is 30.3 Å². The Hall–Kier alpha value is -4.25. The van der Waals surface area contributed by atoms with Crippen molar-refractivity contribution in [3.63, 3.8) is 0 Å². The van der Waals surface area contributed by atoms with Gasteiger partial charge in [-0.2, -0.15) is 0 Å². The molecule has 1 saturated heterocycles. The highest BCUT2D eigenvalue weighted by Gasteiger charge is 2.39. The van der Waals surface area contributed by atoms with Gasteiger partial charge in [-0.3, -0.25) is 24.5 Å². The molecule has 2 aromatic carbocycles. The summed E-state index contributed by atoms with van der Waals surface area (Å²) in [5, 5.41) is 17.4. The number of nitrogens with zero attached hydrogens (tertiary/aromatic N) is 1. The zero-order valence-corrected chi connectivity index (χ0v) is 20.2. The van der Waals surface area contributed by atoms with Crippen molar-refractivity contribution in [2.24, 2.45) is 0 Å². The summed E-state index contributed by atoms with van der Waals surface area (Å²) in [5.41, 5.74) is 2.64. The molecule has 5 amide bonds. The van der Waals surface area contributed by atoms with Gasteiger partial charge in [0.15, 0.2) is 0 Å². The molecular weight excluding hydrogens is 480 g/mol. The van der Waals surface area contributed by atoms with Gasteiger partial charge in [-0.15, -0.1) is 0 Å². The lowest BCUT2D eigenvalue weighted by Gasteiger charge is -2.29. The first-order valence-corrected chi connectivity index (χ1v) is 11.9. The first-order valence-electron chi connectivity index (χ1n) is 11.9. The number of rotatable bonds is 8. The van der Waals surface area contributed by atoms with E-state index in [0.29, 0.717) is 16.7 Å². The van der Waals surface area contributed by atoms with Crippen LogP contribution in [-0.4, -0.2) is 57.9 Å². The summed E-state index contributed by atoms with van der Waals surface area (Å²) in [6.07, 6.45) is -1.57. The Morgan fingerprint density at radius 1 is 1.14 bits per heavy atom. The fourth-order valence-corrected chi connectivity index (χ4v) is 4.33. The van der Waals surface area contributed by atoms with Gasteiger partial charge < -0.3 is 25.4 Å². The Morgan fingerprint density at radius 2 is 1.89 bits per heavy atom. The molecule has 11 nitrogen and oxygen atoms in total. The molecule has 3 atom stereocenters. The molecule has 2 aliphatic heterocycles. The van der Waals surface area contributed by atoms with Crippen molar-refractivity contribution >= 4 is 29.7 Å². The average molecular weight is 509 g/mol. The van der Waals surface area contributed by atoms with Gasteiger partial charge in [-0.25, -0.2) is 4.79 Å². The lowest BCUT2D eigenvalue weighted by Crippen LogP contribution is -2.52. The van der Waals surface area contributed by atoms with E-state index in [9.17, 15) is 29.1 Å². The number of imide groups is 1. The van der Waals surface area contributed by atoms with Crippen LogP contribution in [-0.2, 0) is 38.8 Å². The Balaban J connectivity index is 1.32. The average Bonchev–Trinajstić information content (AvgIpc) is 3.20. The minimum absolute atomic E-state index is 0.0184. The van der Waals surface area contributed by atoms with Crippen LogP contribution < -0.4 is 16.0 Å². The van der Waals surface area contributed by atoms with Crippen molar-refractivity contribution in [3.05, 3.63) is 70.8 Å². The quantitative estimate of drug-likeness (QED) is 0.384.